The number of rotatable bonds is 10. The molecule has 0 bridgehead atoms. The van der Waals surface area contributed by atoms with Gasteiger partial charge in [0.2, 0.25) is 0 Å². The zero-order chi connectivity index (χ0) is 19.4. The van der Waals surface area contributed by atoms with Gasteiger partial charge in [-0.1, -0.05) is 44.9 Å². The molecule has 0 radical (unpaired) electrons. The van der Waals surface area contributed by atoms with Crippen LogP contribution < -0.4 is 29.3 Å². The Bertz CT molecular complexity index is 509. The van der Waals surface area contributed by atoms with Gasteiger partial charge in [0.05, 0.1) is 27.7 Å². The first-order valence-corrected chi connectivity index (χ1v) is 9.83. The molecule has 1 atom stereocenters. The van der Waals surface area contributed by atoms with Crippen molar-refractivity contribution in [3.05, 3.63) is 0 Å². The van der Waals surface area contributed by atoms with E-state index < -0.39 is 12.2 Å². The fourth-order valence-corrected chi connectivity index (χ4v) is 2.69. The SMILES string of the molecule is CCCCCCCCNC(=O)OC1CCN(CC#CC[N+](C)(C)C)C1=O.[I-]. The number of halogens is 1. The molecule has 0 spiro atoms. The van der Waals surface area contributed by atoms with Crippen LogP contribution in [0.4, 0.5) is 4.79 Å². The Morgan fingerprint density at radius 2 is 1.85 bits per heavy atom. The molecule has 1 N–H and O–H groups in total. The summed E-state index contributed by atoms with van der Waals surface area (Å²) in [5.41, 5.74) is 0. The number of alkyl carbamates (subject to hydrolysis) is 1. The number of hydrogen-bond acceptors (Lipinski definition) is 3. The third-order valence-corrected chi connectivity index (χ3v) is 4.25. The Morgan fingerprint density at radius 3 is 2.52 bits per heavy atom. The molecular formula is C20H36IN3O3. The first kappa shape index (κ1) is 26.0. The maximum absolute atomic E-state index is 12.3. The van der Waals surface area contributed by atoms with Gasteiger partial charge in [0, 0.05) is 19.5 Å². The number of unbranched alkanes of at least 4 members (excludes halogenated alkanes) is 5. The van der Waals surface area contributed by atoms with E-state index in [2.05, 4.69) is 45.2 Å². The van der Waals surface area contributed by atoms with Crippen molar-refractivity contribution in [2.24, 2.45) is 0 Å². The first-order chi connectivity index (χ1) is 12.3. The average molecular weight is 493 g/mol. The molecule has 0 aromatic heterocycles. The lowest BCUT2D eigenvalue weighted by molar-refractivity contribution is -0.862. The molecule has 0 aromatic rings. The number of ether oxygens (including phenoxy) is 1. The van der Waals surface area contributed by atoms with Crippen molar-refractivity contribution in [1.29, 1.82) is 0 Å². The van der Waals surface area contributed by atoms with Crippen molar-refractivity contribution in [3.8, 4) is 11.8 Å². The summed E-state index contributed by atoms with van der Waals surface area (Å²) in [7, 11) is 6.22. The summed E-state index contributed by atoms with van der Waals surface area (Å²) in [6.07, 6.45) is 6.41. The minimum absolute atomic E-state index is 0. The highest BCUT2D eigenvalue weighted by Gasteiger charge is 2.34. The maximum Gasteiger partial charge on any atom is 0.407 e. The van der Waals surface area contributed by atoms with Crippen LogP contribution in [0.25, 0.3) is 0 Å². The van der Waals surface area contributed by atoms with Gasteiger partial charge in [-0.3, -0.25) is 4.79 Å². The van der Waals surface area contributed by atoms with Gasteiger partial charge < -0.3 is 43.4 Å². The summed E-state index contributed by atoms with van der Waals surface area (Å²) in [6.45, 7) is 4.53. The van der Waals surface area contributed by atoms with Crippen LogP contribution in [0.1, 0.15) is 51.9 Å². The van der Waals surface area contributed by atoms with E-state index in [-0.39, 0.29) is 29.9 Å². The van der Waals surface area contributed by atoms with Crippen LogP contribution in [0.15, 0.2) is 0 Å². The van der Waals surface area contributed by atoms with Crippen LogP contribution in [0, 0.1) is 11.8 Å². The molecule has 1 rings (SSSR count). The lowest BCUT2D eigenvalue weighted by Gasteiger charge is -2.20. The van der Waals surface area contributed by atoms with Gasteiger partial charge in [0.25, 0.3) is 5.91 Å². The summed E-state index contributed by atoms with van der Waals surface area (Å²) in [4.78, 5) is 25.7. The maximum atomic E-state index is 12.3. The average Bonchev–Trinajstić information content (AvgIpc) is 2.90. The summed E-state index contributed by atoms with van der Waals surface area (Å²) in [5.74, 6) is 5.98. The second-order valence-corrected chi connectivity index (χ2v) is 7.94. The Morgan fingerprint density at radius 1 is 1.19 bits per heavy atom. The third kappa shape index (κ3) is 12.1. The molecule has 1 aliphatic heterocycles. The smallest absolute Gasteiger partial charge is 0.407 e. The normalized spacial score (nSPS) is 16.4. The van der Waals surface area contributed by atoms with Crippen LogP contribution in [0.3, 0.4) is 0 Å². The molecule has 0 aromatic carbocycles. The molecule has 0 aliphatic carbocycles. The summed E-state index contributed by atoms with van der Waals surface area (Å²) >= 11 is 0. The zero-order valence-electron chi connectivity index (χ0n) is 17.4. The largest absolute Gasteiger partial charge is 1.00 e. The van der Waals surface area contributed by atoms with E-state index in [1.54, 1.807) is 4.90 Å². The van der Waals surface area contributed by atoms with Crippen molar-refractivity contribution < 1.29 is 42.8 Å². The molecular weight excluding hydrogens is 457 g/mol. The molecule has 1 unspecified atom stereocenters. The lowest BCUT2D eigenvalue weighted by Crippen LogP contribution is -3.00. The number of carbonyl (C=O) groups is 2. The molecule has 156 valence electrons. The molecule has 1 aliphatic rings. The van der Waals surface area contributed by atoms with Gasteiger partial charge >= 0.3 is 6.09 Å². The zero-order valence-corrected chi connectivity index (χ0v) is 19.5. The molecule has 1 saturated heterocycles. The van der Waals surface area contributed by atoms with Crippen LogP contribution in [0.2, 0.25) is 0 Å². The molecule has 7 heteroatoms. The topological polar surface area (TPSA) is 58.6 Å². The van der Waals surface area contributed by atoms with Gasteiger partial charge in [-0.15, -0.1) is 0 Å². The second kappa shape index (κ2) is 14.1. The standard InChI is InChI=1S/C20H35N3O3.HI/c1-5-6-7-8-9-10-14-21-20(25)26-18-13-16-22(19(18)24)15-11-12-17-23(2,3)4;/h18H,5-10,13-17H2,1-4H3;1H. The highest BCUT2D eigenvalue weighted by molar-refractivity contribution is 5.85. The molecule has 2 amide bonds. The molecule has 1 heterocycles. The van der Waals surface area contributed by atoms with E-state index in [9.17, 15) is 9.59 Å². The van der Waals surface area contributed by atoms with Gasteiger partial charge in [0.15, 0.2) is 6.10 Å². The van der Waals surface area contributed by atoms with Crippen LogP contribution >= 0.6 is 0 Å². The quantitative estimate of drug-likeness (QED) is 0.191. The minimum atomic E-state index is -0.667. The van der Waals surface area contributed by atoms with Gasteiger partial charge in [-0.05, 0) is 12.3 Å². The summed E-state index contributed by atoms with van der Waals surface area (Å²) in [6, 6.07) is 0. The van der Waals surface area contributed by atoms with E-state index in [1.807, 2.05) is 0 Å². The number of likely N-dealkylation sites (tertiary alicyclic amines) is 1. The summed E-state index contributed by atoms with van der Waals surface area (Å²) < 4.78 is 6.04. The van der Waals surface area contributed by atoms with Crippen LogP contribution in [-0.4, -0.2) is 74.8 Å². The van der Waals surface area contributed by atoms with Crippen molar-refractivity contribution in [2.45, 2.75) is 58.0 Å². The van der Waals surface area contributed by atoms with E-state index in [1.165, 1.54) is 25.7 Å². The molecule has 0 saturated carbocycles. The van der Waals surface area contributed by atoms with E-state index in [0.29, 0.717) is 26.1 Å². The van der Waals surface area contributed by atoms with Gasteiger partial charge in [-0.2, -0.15) is 0 Å². The van der Waals surface area contributed by atoms with Crippen molar-refractivity contribution in [2.75, 3.05) is 47.3 Å². The molecule has 6 nitrogen and oxygen atoms in total. The third-order valence-electron chi connectivity index (χ3n) is 4.25. The second-order valence-electron chi connectivity index (χ2n) is 7.94. The Labute approximate surface area is 182 Å². The predicted molar refractivity (Wildman–Crippen MR) is 104 cm³/mol. The number of amides is 2. The van der Waals surface area contributed by atoms with Gasteiger partial charge in [-0.25, -0.2) is 4.79 Å². The van der Waals surface area contributed by atoms with Crippen LogP contribution in [-0.2, 0) is 9.53 Å². The highest BCUT2D eigenvalue weighted by atomic mass is 127. The predicted octanol–water partition coefficient (Wildman–Crippen LogP) is -0.612. The van der Waals surface area contributed by atoms with E-state index >= 15 is 0 Å². The number of nitrogens with zero attached hydrogens (tertiary/aromatic N) is 2. The van der Waals surface area contributed by atoms with Gasteiger partial charge in [0.1, 0.15) is 6.54 Å². The van der Waals surface area contributed by atoms with Crippen molar-refractivity contribution in [3.63, 3.8) is 0 Å². The molecule has 1 fully saturated rings. The number of hydrogen-bond donors (Lipinski definition) is 1. The van der Waals surface area contributed by atoms with E-state index in [4.69, 9.17) is 4.74 Å². The Hall–Kier alpha value is -1.01. The Balaban J connectivity index is 0.00000676. The molecule has 27 heavy (non-hydrogen) atoms. The minimum Gasteiger partial charge on any atom is -1.00 e. The highest BCUT2D eigenvalue weighted by Crippen LogP contribution is 2.14. The fourth-order valence-electron chi connectivity index (χ4n) is 2.69. The lowest BCUT2D eigenvalue weighted by atomic mass is 10.1. The van der Waals surface area contributed by atoms with Crippen molar-refractivity contribution >= 4 is 12.0 Å². The number of carbonyl (C=O) groups excluding carboxylic acids is 2. The number of quaternary nitrogens is 1. The fraction of sp³-hybridized carbons (Fsp3) is 0.800. The Kier molecular flexibility index (Phi) is 13.5. The summed E-state index contributed by atoms with van der Waals surface area (Å²) in [5, 5.41) is 2.74. The first-order valence-electron chi connectivity index (χ1n) is 9.83. The van der Waals surface area contributed by atoms with Crippen LogP contribution in [0.5, 0.6) is 0 Å². The monoisotopic (exact) mass is 493 g/mol. The van der Waals surface area contributed by atoms with E-state index in [0.717, 1.165) is 23.9 Å². The van der Waals surface area contributed by atoms with Crippen molar-refractivity contribution in [1.82, 2.24) is 10.2 Å². The number of nitrogens with one attached hydrogen (secondary N) is 1.